The Kier molecular flexibility index (Phi) is 4.74. The third-order valence-electron chi connectivity index (χ3n) is 2.53. The topological polar surface area (TPSA) is 51.2 Å². The summed E-state index contributed by atoms with van der Waals surface area (Å²) in [5, 5.41) is 3.31. The maximum atomic E-state index is 11.8. The lowest BCUT2D eigenvalue weighted by atomic mass is 10.2. The Labute approximate surface area is 122 Å². The van der Waals surface area contributed by atoms with Crippen molar-refractivity contribution in [1.29, 1.82) is 0 Å². The number of hydrogen-bond acceptors (Lipinski definition) is 3. The Hall–Kier alpha value is -2.33. The largest absolute Gasteiger partial charge is 0.493 e. The third-order valence-corrected chi connectivity index (χ3v) is 2.78. The summed E-state index contributed by atoms with van der Waals surface area (Å²) in [7, 11) is 1.52. The number of benzene rings is 1. The van der Waals surface area contributed by atoms with Gasteiger partial charge in [0.2, 0.25) is 5.91 Å². The molecule has 0 aliphatic carbocycles. The molecule has 2 rings (SSSR count). The van der Waals surface area contributed by atoms with Crippen LogP contribution < -0.4 is 10.1 Å². The summed E-state index contributed by atoms with van der Waals surface area (Å²) in [6.45, 7) is 0. The van der Waals surface area contributed by atoms with Crippen LogP contribution in [0.15, 0.2) is 48.7 Å². The van der Waals surface area contributed by atoms with Crippen molar-refractivity contribution in [3.05, 3.63) is 59.3 Å². The molecule has 0 fully saturated rings. The molecule has 1 heterocycles. The van der Waals surface area contributed by atoms with Gasteiger partial charge >= 0.3 is 0 Å². The summed E-state index contributed by atoms with van der Waals surface area (Å²) in [4.78, 5) is 15.8. The number of aromatic nitrogens is 1. The highest BCUT2D eigenvalue weighted by Gasteiger charge is 2.05. The smallest absolute Gasteiger partial charge is 0.249 e. The van der Waals surface area contributed by atoms with Gasteiger partial charge in [-0.1, -0.05) is 23.7 Å². The molecule has 2 aromatic rings. The maximum absolute atomic E-state index is 11.8. The number of rotatable bonds is 4. The van der Waals surface area contributed by atoms with Crippen LogP contribution >= 0.6 is 11.6 Å². The monoisotopic (exact) mass is 288 g/mol. The molecule has 0 bridgehead atoms. The first-order valence-electron chi connectivity index (χ1n) is 5.92. The highest BCUT2D eigenvalue weighted by molar-refractivity contribution is 6.30. The minimum atomic E-state index is -0.281. The van der Waals surface area contributed by atoms with Gasteiger partial charge in [-0.3, -0.25) is 4.79 Å². The number of anilines is 1. The molecule has 20 heavy (non-hydrogen) atoms. The number of carbonyl (C=O) groups excluding carboxylic acids is 1. The number of hydrogen-bond donors (Lipinski definition) is 1. The van der Waals surface area contributed by atoms with E-state index in [-0.39, 0.29) is 5.91 Å². The minimum absolute atomic E-state index is 0.281. The van der Waals surface area contributed by atoms with Gasteiger partial charge in [-0.15, -0.1) is 0 Å². The minimum Gasteiger partial charge on any atom is -0.493 e. The Morgan fingerprint density at radius 1 is 1.30 bits per heavy atom. The first-order valence-corrected chi connectivity index (χ1v) is 6.30. The van der Waals surface area contributed by atoms with Crippen LogP contribution in [0.5, 0.6) is 5.75 Å². The first kappa shape index (κ1) is 14.1. The average Bonchev–Trinajstić information content (AvgIpc) is 2.47. The van der Waals surface area contributed by atoms with Crippen molar-refractivity contribution < 1.29 is 9.53 Å². The number of nitrogens with one attached hydrogen (secondary N) is 1. The van der Waals surface area contributed by atoms with Crippen LogP contribution in [0.2, 0.25) is 5.02 Å². The van der Waals surface area contributed by atoms with Crippen molar-refractivity contribution in [3.8, 4) is 5.75 Å². The van der Waals surface area contributed by atoms with Crippen LogP contribution in [-0.2, 0) is 4.79 Å². The molecule has 0 aliphatic rings. The zero-order valence-electron chi connectivity index (χ0n) is 10.8. The molecule has 102 valence electrons. The van der Waals surface area contributed by atoms with Crippen molar-refractivity contribution >= 4 is 29.4 Å². The van der Waals surface area contributed by atoms with E-state index in [2.05, 4.69) is 10.3 Å². The zero-order valence-corrected chi connectivity index (χ0v) is 11.6. The van der Waals surface area contributed by atoms with Crippen molar-refractivity contribution in [2.45, 2.75) is 0 Å². The van der Waals surface area contributed by atoms with Gasteiger partial charge in [0.1, 0.15) is 0 Å². The molecule has 0 saturated heterocycles. The van der Waals surface area contributed by atoms with Crippen LogP contribution in [-0.4, -0.2) is 18.0 Å². The number of amides is 1. The molecule has 0 saturated carbocycles. The van der Waals surface area contributed by atoms with E-state index in [4.69, 9.17) is 16.3 Å². The van der Waals surface area contributed by atoms with Gasteiger partial charge in [-0.05, 0) is 35.9 Å². The molecule has 1 amide bonds. The zero-order chi connectivity index (χ0) is 14.4. The average molecular weight is 289 g/mol. The molecule has 0 radical (unpaired) electrons. The predicted octanol–water partition coefficient (Wildman–Crippen LogP) is 3.40. The number of carbonyl (C=O) groups is 1. The van der Waals surface area contributed by atoms with Crippen molar-refractivity contribution in [2.75, 3.05) is 12.4 Å². The van der Waals surface area contributed by atoms with Crippen LogP contribution in [0.3, 0.4) is 0 Å². The number of halogens is 1. The van der Waals surface area contributed by atoms with Crippen LogP contribution in [0.25, 0.3) is 6.08 Å². The highest BCUT2D eigenvalue weighted by Crippen LogP contribution is 2.19. The molecule has 0 spiro atoms. The molecule has 1 aromatic carbocycles. The molecule has 0 atom stereocenters. The molecule has 4 nitrogen and oxygen atoms in total. The van der Waals surface area contributed by atoms with E-state index in [0.717, 1.165) is 5.56 Å². The van der Waals surface area contributed by atoms with E-state index in [9.17, 15) is 4.79 Å². The van der Waals surface area contributed by atoms with E-state index in [1.807, 2.05) is 12.1 Å². The van der Waals surface area contributed by atoms with E-state index >= 15 is 0 Å². The number of nitrogens with zero attached hydrogens (tertiary/aromatic N) is 1. The molecular formula is C15H13ClN2O2. The van der Waals surface area contributed by atoms with Crippen molar-refractivity contribution in [2.24, 2.45) is 0 Å². The van der Waals surface area contributed by atoms with Gasteiger partial charge in [0.05, 0.1) is 7.11 Å². The summed E-state index contributed by atoms with van der Waals surface area (Å²) in [6, 6.07) is 10.6. The molecular weight excluding hydrogens is 276 g/mol. The molecule has 1 aromatic heterocycles. The Balaban J connectivity index is 2.03. The highest BCUT2D eigenvalue weighted by atomic mass is 35.5. The lowest BCUT2D eigenvalue weighted by Gasteiger charge is -2.06. The molecule has 5 heteroatoms. The van der Waals surface area contributed by atoms with Gasteiger partial charge < -0.3 is 10.1 Å². The number of pyridine rings is 1. The van der Waals surface area contributed by atoms with Gasteiger partial charge in [0.15, 0.2) is 11.6 Å². The van der Waals surface area contributed by atoms with Gasteiger partial charge in [-0.25, -0.2) is 4.98 Å². The third kappa shape index (κ3) is 3.83. The van der Waals surface area contributed by atoms with Gasteiger partial charge in [0, 0.05) is 17.3 Å². The Morgan fingerprint density at radius 3 is 2.75 bits per heavy atom. The number of methoxy groups -OCH3 is 1. The molecule has 0 unspecified atom stereocenters. The fourth-order valence-electron chi connectivity index (χ4n) is 1.55. The molecule has 1 N–H and O–H groups in total. The van der Waals surface area contributed by atoms with E-state index < -0.39 is 0 Å². The summed E-state index contributed by atoms with van der Waals surface area (Å²) in [5.74, 6) is 0.624. The summed E-state index contributed by atoms with van der Waals surface area (Å²) in [5.41, 5.74) is 0.887. The van der Waals surface area contributed by atoms with E-state index in [0.29, 0.717) is 16.6 Å². The normalized spacial score (nSPS) is 10.5. The SMILES string of the molecule is COc1cccnc1NC(=O)/C=C/c1ccc(Cl)cc1. The standard InChI is InChI=1S/C15H13ClN2O2/c1-20-13-3-2-10-17-15(13)18-14(19)9-6-11-4-7-12(16)8-5-11/h2-10H,1H3,(H,17,18,19)/b9-6+. The second-order valence-electron chi connectivity index (χ2n) is 3.93. The lowest BCUT2D eigenvalue weighted by molar-refractivity contribution is -0.111. The summed E-state index contributed by atoms with van der Waals surface area (Å²) < 4.78 is 5.11. The van der Waals surface area contributed by atoms with Crippen LogP contribution in [0.1, 0.15) is 5.56 Å². The fraction of sp³-hybridized carbons (Fsp3) is 0.0667. The first-order chi connectivity index (χ1) is 9.69. The summed E-state index contributed by atoms with van der Waals surface area (Å²) in [6.07, 6.45) is 4.71. The molecule has 0 aliphatic heterocycles. The van der Waals surface area contributed by atoms with Crippen LogP contribution in [0.4, 0.5) is 5.82 Å². The van der Waals surface area contributed by atoms with Gasteiger partial charge in [-0.2, -0.15) is 0 Å². The maximum Gasteiger partial charge on any atom is 0.249 e. The quantitative estimate of drug-likeness (QED) is 0.877. The van der Waals surface area contributed by atoms with E-state index in [1.54, 1.807) is 36.5 Å². The van der Waals surface area contributed by atoms with Gasteiger partial charge in [0.25, 0.3) is 0 Å². The second-order valence-corrected chi connectivity index (χ2v) is 4.36. The number of ether oxygens (including phenoxy) is 1. The Morgan fingerprint density at radius 2 is 2.05 bits per heavy atom. The van der Waals surface area contributed by atoms with Crippen molar-refractivity contribution in [1.82, 2.24) is 4.98 Å². The second kappa shape index (κ2) is 6.73. The van der Waals surface area contributed by atoms with E-state index in [1.165, 1.54) is 13.2 Å². The Bertz CT molecular complexity index is 624. The van der Waals surface area contributed by atoms with Crippen molar-refractivity contribution in [3.63, 3.8) is 0 Å². The summed E-state index contributed by atoms with van der Waals surface area (Å²) >= 11 is 5.79. The predicted molar refractivity (Wildman–Crippen MR) is 79.9 cm³/mol. The fourth-order valence-corrected chi connectivity index (χ4v) is 1.68. The lowest BCUT2D eigenvalue weighted by Crippen LogP contribution is -2.10. The van der Waals surface area contributed by atoms with Crippen LogP contribution in [0, 0.1) is 0 Å².